The van der Waals surface area contributed by atoms with Crippen molar-refractivity contribution >= 4 is 5.97 Å². The predicted octanol–water partition coefficient (Wildman–Crippen LogP) is 3.27. The lowest BCUT2D eigenvalue weighted by molar-refractivity contribution is 0.0691. The first-order chi connectivity index (χ1) is 8.68. The molecule has 0 saturated carbocycles. The number of para-hydroxylation sites is 1. The molecule has 0 aliphatic heterocycles. The third-order valence-electron chi connectivity index (χ3n) is 2.67. The number of ether oxygens (including phenoxy) is 1. The van der Waals surface area contributed by atoms with Gasteiger partial charge in [0.2, 0.25) is 0 Å². The lowest BCUT2D eigenvalue weighted by Crippen LogP contribution is -2.04. The van der Waals surface area contributed by atoms with Gasteiger partial charge in [0.05, 0.1) is 0 Å². The number of aromatic carboxylic acids is 1. The molecule has 2 aromatic rings. The first-order valence-electron chi connectivity index (χ1n) is 5.68. The van der Waals surface area contributed by atoms with E-state index < -0.39 is 5.97 Å². The van der Waals surface area contributed by atoms with Crippen LogP contribution in [0.3, 0.4) is 0 Å². The van der Waals surface area contributed by atoms with E-state index in [4.69, 9.17) is 9.84 Å². The second-order valence-electron chi connectivity index (χ2n) is 4.03. The van der Waals surface area contributed by atoms with Gasteiger partial charge >= 0.3 is 5.97 Å². The second kappa shape index (κ2) is 5.36. The van der Waals surface area contributed by atoms with Gasteiger partial charge in [-0.25, -0.2) is 4.79 Å². The summed E-state index contributed by atoms with van der Waals surface area (Å²) in [4.78, 5) is 11.1. The molecule has 0 saturated heterocycles. The van der Waals surface area contributed by atoms with Gasteiger partial charge < -0.3 is 9.84 Å². The first-order valence-corrected chi connectivity index (χ1v) is 5.68. The molecular weight excluding hydrogens is 228 g/mol. The maximum Gasteiger partial charge on any atom is 0.339 e. The number of carboxylic acid groups (broad SMARTS) is 1. The molecule has 0 aliphatic rings. The van der Waals surface area contributed by atoms with Crippen molar-refractivity contribution in [3.8, 4) is 5.75 Å². The van der Waals surface area contributed by atoms with Gasteiger partial charge in [0.1, 0.15) is 17.9 Å². The van der Waals surface area contributed by atoms with Crippen LogP contribution in [-0.4, -0.2) is 11.1 Å². The molecule has 0 unspecified atom stereocenters. The van der Waals surface area contributed by atoms with Crippen LogP contribution in [0, 0.1) is 6.92 Å². The molecule has 0 bridgehead atoms. The summed E-state index contributed by atoms with van der Waals surface area (Å²) in [6, 6.07) is 14.8. The van der Waals surface area contributed by atoms with Crippen molar-refractivity contribution < 1.29 is 14.6 Å². The van der Waals surface area contributed by atoms with Gasteiger partial charge in [-0.05, 0) is 24.1 Å². The molecule has 1 N–H and O–H groups in total. The molecule has 2 aromatic carbocycles. The zero-order valence-corrected chi connectivity index (χ0v) is 10.1. The molecule has 0 aliphatic carbocycles. The van der Waals surface area contributed by atoms with Gasteiger partial charge in [0.25, 0.3) is 0 Å². The van der Waals surface area contributed by atoms with Crippen molar-refractivity contribution in [1.82, 2.24) is 0 Å². The van der Waals surface area contributed by atoms with Crippen LogP contribution in [0.15, 0.2) is 48.5 Å². The normalized spacial score (nSPS) is 10.1. The topological polar surface area (TPSA) is 46.5 Å². The van der Waals surface area contributed by atoms with Crippen molar-refractivity contribution in [2.75, 3.05) is 0 Å². The van der Waals surface area contributed by atoms with Gasteiger partial charge in [-0.1, -0.05) is 42.5 Å². The number of carboxylic acids is 1. The van der Waals surface area contributed by atoms with Crippen molar-refractivity contribution in [2.45, 2.75) is 13.5 Å². The van der Waals surface area contributed by atoms with E-state index in [2.05, 4.69) is 0 Å². The minimum Gasteiger partial charge on any atom is -0.488 e. The molecule has 92 valence electrons. The Morgan fingerprint density at radius 3 is 2.50 bits per heavy atom. The lowest BCUT2D eigenvalue weighted by Gasteiger charge is -2.11. The van der Waals surface area contributed by atoms with Crippen molar-refractivity contribution in [1.29, 1.82) is 0 Å². The summed E-state index contributed by atoms with van der Waals surface area (Å²) in [5.74, 6) is -0.532. The van der Waals surface area contributed by atoms with Crippen molar-refractivity contribution in [3.05, 3.63) is 65.2 Å². The average Bonchev–Trinajstić information content (AvgIpc) is 2.38. The molecule has 0 aromatic heterocycles. The van der Waals surface area contributed by atoms with Gasteiger partial charge in [-0.3, -0.25) is 0 Å². The second-order valence-corrected chi connectivity index (χ2v) is 4.03. The van der Waals surface area contributed by atoms with Crippen LogP contribution in [0.1, 0.15) is 21.5 Å². The summed E-state index contributed by atoms with van der Waals surface area (Å²) in [7, 11) is 0. The van der Waals surface area contributed by atoms with Gasteiger partial charge in [-0.2, -0.15) is 0 Å². The Kier molecular flexibility index (Phi) is 3.63. The maximum absolute atomic E-state index is 11.1. The van der Waals surface area contributed by atoms with Gasteiger partial charge in [0.15, 0.2) is 0 Å². The minimum absolute atomic E-state index is 0.200. The fourth-order valence-corrected chi connectivity index (χ4v) is 1.74. The number of benzene rings is 2. The summed E-state index contributed by atoms with van der Waals surface area (Å²) < 4.78 is 5.63. The Labute approximate surface area is 106 Å². The quantitative estimate of drug-likeness (QED) is 0.895. The highest BCUT2D eigenvalue weighted by molar-refractivity contribution is 5.91. The molecule has 3 heteroatoms. The number of aryl methyl sites for hydroxylation is 1. The lowest BCUT2D eigenvalue weighted by atomic mass is 10.1. The highest BCUT2D eigenvalue weighted by Crippen LogP contribution is 2.24. The van der Waals surface area contributed by atoms with E-state index in [-0.39, 0.29) is 5.56 Å². The summed E-state index contributed by atoms with van der Waals surface area (Å²) in [6.07, 6.45) is 0. The van der Waals surface area contributed by atoms with E-state index in [0.717, 1.165) is 11.1 Å². The molecule has 0 atom stereocenters. The summed E-state index contributed by atoms with van der Waals surface area (Å²) >= 11 is 0. The third-order valence-corrected chi connectivity index (χ3v) is 2.67. The molecular formula is C15H14O3. The van der Waals surface area contributed by atoms with Gasteiger partial charge in [0, 0.05) is 0 Å². The first kappa shape index (κ1) is 12.2. The Morgan fingerprint density at radius 2 is 1.83 bits per heavy atom. The molecule has 0 radical (unpaired) electrons. The fourth-order valence-electron chi connectivity index (χ4n) is 1.74. The highest BCUT2D eigenvalue weighted by atomic mass is 16.5. The number of carbonyl (C=O) groups is 1. The molecule has 0 fully saturated rings. The van der Waals surface area contributed by atoms with Crippen LogP contribution in [0.5, 0.6) is 5.75 Å². The zero-order valence-electron chi connectivity index (χ0n) is 10.1. The standard InChI is InChI=1S/C15H14O3/c1-11-6-5-9-13(15(16)17)14(11)18-10-12-7-3-2-4-8-12/h2-9H,10H2,1H3,(H,16,17). The molecule has 3 nitrogen and oxygen atoms in total. The number of hydrogen-bond acceptors (Lipinski definition) is 2. The van der Waals surface area contributed by atoms with Gasteiger partial charge in [-0.15, -0.1) is 0 Å². The van der Waals surface area contributed by atoms with Crippen LogP contribution < -0.4 is 4.74 Å². The Hall–Kier alpha value is -2.29. The molecule has 0 amide bonds. The highest BCUT2D eigenvalue weighted by Gasteiger charge is 2.13. The van der Waals surface area contributed by atoms with E-state index in [1.165, 1.54) is 0 Å². The summed E-state index contributed by atoms with van der Waals surface area (Å²) in [5.41, 5.74) is 2.04. The average molecular weight is 242 g/mol. The van der Waals surface area contributed by atoms with Crippen LogP contribution >= 0.6 is 0 Å². The van der Waals surface area contributed by atoms with E-state index >= 15 is 0 Å². The molecule has 18 heavy (non-hydrogen) atoms. The van der Waals surface area contributed by atoms with E-state index in [1.807, 2.05) is 43.3 Å². The third kappa shape index (κ3) is 2.69. The predicted molar refractivity (Wildman–Crippen MR) is 68.9 cm³/mol. The number of rotatable bonds is 4. The van der Waals surface area contributed by atoms with Crippen LogP contribution in [-0.2, 0) is 6.61 Å². The van der Waals surface area contributed by atoms with Crippen LogP contribution in [0.25, 0.3) is 0 Å². The van der Waals surface area contributed by atoms with Crippen LogP contribution in [0.4, 0.5) is 0 Å². The fraction of sp³-hybridized carbons (Fsp3) is 0.133. The number of hydrogen-bond donors (Lipinski definition) is 1. The maximum atomic E-state index is 11.1. The van der Waals surface area contributed by atoms with E-state index in [1.54, 1.807) is 12.1 Å². The Morgan fingerprint density at radius 1 is 1.11 bits per heavy atom. The molecule has 2 rings (SSSR count). The van der Waals surface area contributed by atoms with Crippen LogP contribution in [0.2, 0.25) is 0 Å². The Bertz CT molecular complexity index is 547. The Balaban J connectivity index is 2.21. The van der Waals surface area contributed by atoms with Crippen molar-refractivity contribution in [2.24, 2.45) is 0 Å². The van der Waals surface area contributed by atoms with E-state index in [9.17, 15) is 4.79 Å². The van der Waals surface area contributed by atoms with E-state index in [0.29, 0.717) is 12.4 Å². The zero-order chi connectivity index (χ0) is 13.0. The minimum atomic E-state index is -0.971. The largest absolute Gasteiger partial charge is 0.488 e. The SMILES string of the molecule is Cc1cccc(C(=O)O)c1OCc1ccccc1. The molecule has 0 spiro atoms. The summed E-state index contributed by atoms with van der Waals surface area (Å²) in [5, 5.41) is 9.11. The smallest absolute Gasteiger partial charge is 0.339 e. The summed E-state index contributed by atoms with van der Waals surface area (Å²) in [6.45, 7) is 2.21. The molecule has 0 heterocycles. The monoisotopic (exact) mass is 242 g/mol. The van der Waals surface area contributed by atoms with Crippen molar-refractivity contribution in [3.63, 3.8) is 0 Å².